The smallest absolute Gasteiger partial charge is 0.411 e. The molecule has 1 N–H and O–H groups in total. The fourth-order valence-electron chi connectivity index (χ4n) is 5.89. The summed E-state index contributed by atoms with van der Waals surface area (Å²) in [7, 11) is 0. The minimum absolute atomic E-state index is 0.0515. The van der Waals surface area contributed by atoms with Crippen molar-refractivity contribution in [2.24, 2.45) is 17.8 Å². The molecule has 1 amide bonds. The molecule has 1 aromatic heterocycles. The summed E-state index contributed by atoms with van der Waals surface area (Å²) in [5.41, 5.74) is 1.28. The zero-order valence-electron chi connectivity index (χ0n) is 16.3. The molecule has 2 heterocycles. The molecule has 2 aliphatic carbocycles. The van der Waals surface area contributed by atoms with Crippen LogP contribution in [0.5, 0.6) is 0 Å². The van der Waals surface area contributed by atoms with Gasteiger partial charge in [0.05, 0.1) is 5.54 Å². The van der Waals surface area contributed by atoms with Crippen LogP contribution in [0.3, 0.4) is 0 Å². The Kier molecular flexibility index (Phi) is 3.97. The third kappa shape index (κ3) is 2.67. The summed E-state index contributed by atoms with van der Waals surface area (Å²) in [5, 5.41) is 0. The monoisotopic (exact) mass is 358 g/mol. The van der Waals surface area contributed by atoms with Crippen molar-refractivity contribution in [1.82, 2.24) is 9.88 Å². The maximum Gasteiger partial charge on any atom is 0.411 e. The van der Waals surface area contributed by atoms with Gasteiger partial charge < -0.3 is 9.72 Å². The van der Waals surface area contributed by atoms with E-state index in [4.69, 9.17) is 4.74 Å². The van der Waals surface area contributed by atoms with Crippen LogP contribution in [0, 0.1) is 17.8 Å². The van der Waals surface area contributed by atoms with Gasteiger partial charge in [0.2, 0.25) is 5.56 Å². The Balaban J connectivity index is 1.86. The summed E-state index contributed by atoms with van der Waals surface area (Å²) in [6.45, 7) is 8.78. The number of amides is 1. The van der Waals surface area contributed by atoms with E-state index in [9.17, 15) is 9.59 Å². The molecule has 2 bridgehead atoms. The number of rotatable bonds is 0. The van der Waals surface area contributed by atoms with Crippen molar-refractivity contribution >= 4 is 6.09 Å². The second-order valence-electron chi connectivity index (χ2n) is 9.53. The molecule has 0 spiro atoms. The van der Waals surface area contributed by atoms with Gasteiger partial charge in [-0.05, 0) is 82.3 Å². The number of aromatic amines is 1. The first-order valence-corrected chi connectivity index (χ1v) is 9.94. The van der Waals surface area contributed by atoms with Gasteiger partial charge in [0.1, 0.15) is 5.60 Å². The molecule has 142 valence electrons. The molecule has 5 nitrogen and oxygen atoms in total. The molecule has 0 unspecified atom stereocenters. The van der Waals surface area contributed by atoms with E-state index < -0.39 is 5.60 Å². The number of pyridine rings is 1. The first-order valence-electron chi connectivity index (χ1n) is 9.94. The second kappa shape index (κ2) is 5.86. The third-order valence-electron chi connectivity index (χ3n) is 6.47. The van der Waals surface area contributed by atoms with Crippen LogP contribution in [-0.2, 0) is 16.7 Å². The van der Waals surface area contributed by atoms with Gasteiger partial charge >= 0.3 is 6.09 Å². The lowest BCUT2D eigenvalue weighted by molar-refractivity contribution is -0.0933. The van der Waals surface area contributed by atoms with Crippen LogP contribution in [0.1, 0.15) is 64.6 Å². The lowest BCUT2D eigenvalue weighted by atomic mass is 9.53. The largest absolute Gasteiger partial charge is 0.444 e. The van der Waals surface area contributed by atoms with E-state index in [1.165, 1.54) is 6.42 Å². The van der Waals surface area contributed by atoms with Crippen molar-refractivity contribution in [2.75, 3.05) is 6.54 Å². The molecule has 0 aromatic carbocycles. The number of nitrogens with one attached hydrogen (secondary N) is 1. The fraction of sp³-hybridized carbons (Fsp3) is 0.714. The van der Waals surface area contributed by atoms with E-state index in [2.05, 4.69) is 11.9 Å². The van der Waals surface area contributed by atoms with Gasteiger partial charge in [0.15, 0.2) is 0 Å². The highest BCUT2D eigenvalue weighted by molar-refractivity contribution is 5.70. The van der Waals surface area contributed by atoms with Crippen molar-refractivity contribution in [2.45, 2.75) is 70.9 Å². The van der Waals surface area contributed by atoms with E-state index in [-0.39, 0.29) is 17.2 Å². The number of piperidine rings is 1. The van der Waals surface area contributed by atoms with Crippen LogP contribution in [0.4, 0.5) is 4.79 Å². The maximum absolute atomic E-state index is 13.2. The average molecular weight is 358 g/mol. The minimum atomic E-state index is -0.511. The molecule has 4 rings (SSSR count). The molecule has 1 saturated carbocycles. The molecule has 4 atom stereocenters. The summed E-state index contributed by atoms with van der Waals surface area (Å²) in [6.07, 6.45) is 5.00. The van der Waals surface area contributed by atoms with E-state index in [1.807, 2.05) is 31.7 Å². The number of aromatic nitrogens is 1. The van der Waals surface area contributed by atoms with Crippen molar-refractivity contribution in [3.63, 3.8) is 0 Å². The quantitative estimate of drug-likeness (QED) is 0.767. The fourth-order valence-corrected chi connectivity index (χ4v) is 5.89. The molecule has 2 fully saturated rings. The average Bonchev–Trinajstić information content (AvgIpc) is 2.51. The highest BCUT2D eigenvalue weighted by atomic mass is 16.6. The Morgan fingerprint density at radius 2 is 2.12 bits per heavy atom. The van der Waals surface area contributed by atoms with E-state index >= 15 is 0 Å². The first-order chi connectivity index (χ1) is 12.2. The SMILES string of the molecule is C[C@@H]1C[C@H]2Cc3[nH]c(=O)ccc3[C@@]3(C1)[C@@H]2CCCN3C(=O)OC(C)(C)C. The lowest BCUT2D eigenvalue weighted by Gasteiger charge is -2.61. The molecule has 26 heavy (non-hydrogen) atoms. The van der Waals surface area contributed by atoms with E-state index in [0.29, 0.717) is 17.8 Å². The van der Waals surface area contributed by atoms with Gasteiger partial charge in [0.25, 0.3) is 0 Å². The van der Waals surface area contributed by atoms with E-state index in [1.54, 1.807) is 6.07 Å². The first kappa shape index (κ1) is 17.6. The molecular weight excluding hydrogens is 328 g/mol. The van der Waals surface area contributed by atoms with Crippen LogP contribution in [0.15, 0.2) is 16.9 Å². The molecule has 5 heteroatoms. The van der Waals surface area contributed by atoms with Crippen LogP contribution in [-0.4, -0.2) is 28.1 Å². The molecule has 1 aromatic rings. The normalized spacial score (nSPS) is 33.2. The highest BCUT2D eigenvalue weighted by Crippen LogP contribution is 2.58. The Hall–Kier alpha value is -1.78. The summed E-state index contributed by atoms with van der Waals surface area (Å²) in [5.74, 6) is 1.53. The van der Waals surface area contributed by atoms with Gasteiger partial charge in [0, 0.05) is 18.3 Å². The molecule has 3 aliphatic rings. The third-order valence-corrected chi connectivity index (χ3v) is 6.47. The number of hydrogen-bond donors (Lipinski definition) is 1. The number of H-pyrrole nitrogens is 1. The van der Waals surface area contributed by atoms with Crippen LogP contribution in [0.25, 0.3) is 0 Å². The number of hydrogen-bond acceptors (Lipinski definition) is 3. The Morgan fingerprint density at radius 3 is 2.85 bits per heavy atom. The zero-order valence-corrected chi connectivity index (χ0v) is 16.3. The van der Waals surface area contributed by atoms with Gasteiger partial charge in [-0.15, -0.1) is 0 Å². The van der Waals surface area contributed by atoms with E-state index in [0.717, 1.165) is 43.5 Å². The number of carbonyl (C=O) groups is 1. The molecular formula is C21H30N2O3. The van der Waals surface area contributed by atoms with Crippen LogP contribution < -0.4 is 5.56 Å². The van der Waals surface area contributed by atoms with Gasteiger partial charge in [-0.2, -0.15) is 0 Å². The van der Waals surface area contributed by atoms with Crippen molar-refractivity contribution in [1.29, 1.82) is 0 Å². The Morgan fingerprint density at radius 1 is 1.35 bits per heavy atom. The summed E-state index contributed by atoms with van der Waals surface area (Å²) < 4.78 is 5.80. The number of ether oxygens (including phenoxy) is 1. The van der Waals surface area contributed by atoms with Crippen molar-refractivity contribution < 1.29 is 9.53 Å². The maximum atomic E-state index is 13.2. The predicted octanol–water partition coefficient (Wildman–Crippen LogP) is 3.82. The molecule has 0 radical (unpaired) electrons. The Bertz CT molecular complexity index is 778. The van der Waals surface area contributed by atoms with Crippen LogP contribution in [0.2, 0.25) is 0 Å². The lowest BCUT2D eigenvalue weighted by Crippen LogP contribution is -2.64. The van der Waals surface area contributed by atoms with Gasteiger partial charge in [-0.3, -0.25) is 9.69 Å². The molecule has 1 saturated heterocycles. The van der Waals surface area contributed by atoms with Crippen molar-refractivity contribution in [3.05, 3.63) is 33.7 Å². The summed E-state index contributed by atoms with van der Waals surface area (Å²) in [6, 6.07) is 3.59. The number of carbonyl (C=O) groups excluding carboxylic acids is 1. The zero-order chi connectivity index (χ0) is 18.7. The summed E-state index contributed by atoms with van der Waals surface area (Å²) >= 11 is 0. The number of nitrogens with zero attached hydrogens (tertiary/aromatic N) is 1. The van der Waals surface area contributed by atoms with Crippen LogP contribution >= 0.6 is 0 Å². The summed E-state index contributed by atoms with van der Waals surface area (Å²) in [4.78, 5) is 30.2. The minimum Gasteiger partial charge on any atom is -0.444 e. The topological polar surface area (TPSA) is 62.4 Å². The van der Waals surface area contributed by atoms with Crippen molar-refractivity contribution in [3.8, 4) is 0 Å². The standard InChI is InChI=1S/C21H30N2O3/c1-13-10-14-11-17-16(7-8-18(24)22-17)21(12-13)15(14)6-5-9-23(21)19(25)26-20(2,3)4/h7-8,13-15H,5-6,9-12H2,1-4H3,(H,22,24)/t13-,14+,15-,21-/m1/s1. The molecule has 1 aliphatic heterocycles. The van der Waals surface area contributed by atoms with Gasteiger partial charge in [-0.1, -0.05) is 6.92 Å². The highest BCUT2D eigenvalue weighted by Gasteiger charge is 2.59. The Labute approximate surface area is 155 Å². The number of fused-ring (bicyclic) bond motifs is 1. The second-order valence-corrected chi connectivity index (χ2v) is 9.53. The van der Waals surface area contributed by atoms with Gasteiger partial charge in [-0.25, -0.2) is 4.79 Å². The number of likely N-dealkylation sites (tertiary alicyclic amines) is 1. The predicted molar refractivity (Wildman–Crippen MR) is 100.0 cm³/mol.